The number of ether oxygens (including phenoxy) is 1. The second-order valence-electron chi connectivity index (χ2n) is 7.25. The summed E-state index contributed by atoms with van der Waals surface area (Å²) in [7, 11) is 0. The van der Waals surface area contributed by atoms with E-state index < -0.39 is 0 Å². The van der Waals surface area contributed by atoms with Crippen LogP contribution in [0.1, 0.15) is 16.1 Å². The molecule has 0 bridgehead atoms. The van der Waals surface area contributed by atoms with Gasteiger partial charge in [-0.05, 0) is 35.9 Å². The van der Waals surface area contributed by atoms with Crippen LogP contribution in [0.5, 0.6) is 5.75 Å². The molecule has 1 aliphatic heterocycles. The van der Waals surface area contributed by atoms with Crippen LogP contribution in [0.15, 0.2) is 59.2 Å². The highest BCUT2D eigenvalue weighted by atomic mass is 79.9. The Labute approximate surface area is 199 Å². The lowest BCUT2D eigenvalue weighted by Crippen LogP contribution is -2.48. The number of carbonyl (C=O) groups excluding carboxylic acids is 1. The molecular weight excluding hydrogens is 503 g/mol. The van der Waals surface area contributed by atoms with Crippen LogP contribution in [0.25, 0.3) is 0 Å². The van der Waals surface area contributed by atoms with Crippen LogP contribution in [0.2, 0.25) is 10.0 Å². The lowest BCUT2D eigenvalue weighted by Gasteiger charge is -2.34. The highest BCUT2D eigenvalue weighted by molar-refractivity contribution is 9.10. The fourth-order valence-electron chi connectivity index (χ4n) is 3.41. The Morgan fingerprint density at radius 3 is 2.58 bits per heavy atom. The van der Waals surface area contributed by atoms with Crippen LogP contribution in [-0.4, -0.2) is 51.7 Å². The summed E-state index contributed by atoms with van der Waals surface area (Å²) in [5.41, 5.74) is 1.66. The summed E-state index contributed by atoms with van der Waals surface area (Å²) in [5, 5.41) is 5.33. The molecule has 2 heterocycles. The minimum Gasteiger partial charge on any atom is -0.470 e. The molecule has 1 aromatic heterocycles. The fraction of sp³-hybridized carbons (Fsp3) is 0.273. The molecule has 6 nitrogen and oxygen atoms in total. The first-order valence-corrected chi connectivity index (χ1v) is 11.4. The minimum atomic E-state index is -0.0659. The summed E-state index contributed by atoms with van der Waals surface area (Å²) in [6.45, 7) is 4.01. The van der Waals surface area contributed by atoms with Crippen LogP contribution in [0.3, 0.4) is 0 Å². The number of hydrogen-bond donors (Lipinski definition) is 0. The van der Waals surface area contributed by atoms with Gasteiger partial charge in [0.1, 0.15) is 5.75 Å². The highest BCUT2D eigenvalue weighted by Gasteiger charge is 2.24. The molecule has 0 radical (unpaired) electrons. The van der Waals surface area contributed by atoms with Gasteiger partial charge in [-0.25, -0.2) is 4.68 Å². The van der Waals surface area contributed by atoms with Gasteiger partial charge in [-0.15, -0.1) is 0 Å². The van der Waals surface area contributed by atoms with E-state index in [0.717, 1.165) is 24.1 Å². The maximum absolute atomic E-state index is 12.8. The van der Waals surface area contributed by atoms with Crippen molar-refractivity contribution in [3.8, 4) is 5.75 Å². The molecule has 31 heavy (non-hydrogen) atoms. The van der Waals surface area contributed by atoms with Gasteiger partial charge in [0, 0.05) is 48.4 Å². The molecule has 0 aliphatic carbocycles. The summed E-state index contributed by atoms with van der Waals surface area (Å²) in [5.74, 6) is 0.444. The summed E-state index contributed by atoms with van der Waals surface area (Å²) < 4.78 is 8.35. The zero-order valence-corrected chi connectivity index (χ0v) is 19.8. The first-order valence-electron chi connectivity index (χ1n) is 9.86. The Kier molecular flexibility index (Phi) is 7.17. The Hall–Kier alpha value is -2.06. The topological polar surface area (TPSA) is 50.6 Å². The van der Waals surface area contributed by atoms with Crippen molar-refractivity contribution in [2.75, 3.05) is 26.2 Å². The molecule has 2 aromatic carbocycles. The van der Waals surface area contributed by atoms with Gasteiger partial charge >= 0.3 is 0 Å². The molecule has 0 unspecified atom stereocenters. The van der Waals surface area contributed by atoms with Crippen LogP contribution < -0.4 is 4.74 Å². The molecule has 1 saturated heterocycles. The maximum Gasteiger partial charge on any atom is 0.274 e. The molecule has 1 fully saturated rings. The molecule has 0 spiro atoms. The third-order valence-corrected chi connectivity index (χ3v) is 6.42. The van der Waals surface area contributed by atoms with Gasteiger partial charge in [-0.2, -0.15) is 5.10 Å². The van der Waals surface area contributed by atoms with Crippen LogP contribution >= 0.6 is 39.1 Å². The van der Waals surface area contributed by atoms with Crippen LogP contribution in [0, 0.1) is 0 Å². The Morgan fingerprint density at radius 1 is 1.06 bits per heavy atom. The Bertz CT molecular complexity index is 1070. The van der Waals surface area contributed by atoms with E-state index in [1.807, 2.05) is 17.0 Å². The van der Waals surface area contributed by atoms with Gasteiger partial charge in [0.2, 0.25) is 0 Å². The predicted molar refractivity (Wildman–Crippen MR) is 125 cm³/mol. The van der Waals surface area contributed by atoms with E-state index in [2.05, 4.69) is 38.1 Å². The number of piperazine rings is 1. The lowest BCUT2D eigenvalue weighted by molar-refractivity contribution is 0.0620. The Balaban J connectivity index is 1.29. The number of rotatable bonds is 6. The zero-order chi connectivity index (χ0) is 21.8. The summed E-state index contributed by atoms with van der Waals surface area (Å²) in [6, 6.07) is 15.0. The molecule has 1 amide bonds. The third-order valence-electron chi connectivity index (χ3n) is 5.12. The normalized spacial score (nSPS) is 14.6. The predicted octanol–water partition coefficient (Wildman–Crippen LogP) is 4.95. The van der Waals surface area contributed by atoms with E-state index >= 15 is 0 Å². The molecule has 0 saturated carbocycles. The summed E-state index contributed by atoms with van der Waals surface area (Å²) >= 11 is 15.6. The second-order valence-corrected chi connectivity index (χ2v) is 8.95. The largest absolute Gasteiger partial charge is 0.470 e. The number of nitrogens with zero attached hydrogens (tertiary/aromatic N) is 4. The van der Waals surface area contributed by atoms with Gasteiger partial charge in [-0.3, -0.25) is 9.69 Å². The number of hydrogen-bond acceptors (Lipinski definition) is 4. The number of amides is 1. The molecule has 1 aliphatic rings. The standard InChI is InChI=1S/C22H21BrCl2N4O2/c23-18-4-2-1-3-16(18)14-27-9-11-28(12-10-27)22(30)20-7-8-29(26-20)15-31-21-6-5-17(24)13-19(21)25/h1-8,13H,9-12,14-15H2. The van der Waals surface area contributed by atoms with Crippen molar-refractivity contribution in [3.63, 3.8) is 0 Å². The first kappa shape index (κ1) is 22.1. The average Bonchev–Trinajstić information content (AvgIpc) is 3.24. The van der Waals surface area contributed by atoms with Crippen molar-refractivity contribution in [2.45, 2.75) is 13.3 Å². The van der Waals surface area contributed by atoms with Crippen molar-refractivity contribution < 1.29 is 9.53 Å². The molecule has 4 rings (SSSR count). The summed E-state index contributed by atoms with van der Waals surface area (Å²) in [6.07, 6.45) is 1.72. The van der Waals surface area contributed by atoms with E-state index in [0.29, 0.717) is 34.6 Å². The van der Waals surface area contributed by atoms with Crippen molar-refractivity contribution in [1.82, 2.24) is 19.6 Å². The van der Waals surface area contributed by atoms with Gasteiger partial charge in [0.05, 0.1) is 5.02 Å². The van der Waals surface area contributed by atoms with E-state index in [-0.39, 0.29) is 12.6 Å². The molecular formula is C22H21BrCl2N4O2. The lowest BCUT2D eigenvalue weighted by atomic mass is 10.2. The fourth-order valence-corrected chi connectivity index (χ4v) is 4.29. The number of aromatic nitrogens is 2. The van der Waals surface area contributed by atoms with E-state index in [1.54, 1.807) is 35.1 Å². The summed E-state index contributed by atoms with van der Waals surface area (Å²) in [4.78, 5) is 17.0. The molecule has 0 N–H and O–H groups in total. The molecule has 3 aromatic rings. The third kappa shape index (κ3) is 5.60. The van der Waals surface area contributed by atoms with E-state index in [9.17, 15) is 4.79 Å². The van der Waals surface area contributed by atoms with Crippen molar-refractivity contribution in [2.24, 2.45) is 0 Å². The zero-order valence-electron chi connectivity index (χ0n) is 16.7. The van der Waals surface area contributed by atoms with Gasteiger partial charge < -0.3 is 9.64 Å². The number of carbonyl (C=O) groups is 1. The Morgan fingerprint density at radius 2 is 1.84 bits per heavy atom. The maximum atomic E-state index is 12.8. The quantitative estimate of drug-likeness (QED) is 0.459. The molecule has 162 valence electrons. The van der Waals surface area contributed by atoms with Gasteiger partial charge in [0.15, 0.2) is 12.4 Å². The monoisotopic (exact) mass is 522 g/mol. The van der Waals surface area contributed by atoms with Crippen molar-refractivity contribution >= 4 is 45.0 Å². The molecule has 9 heteroatoms. The van der Waals surface area contributed by atoms with Gasteiger partial charge in [0.25, 0.3) is 5.91 Å². The van der Waals surface area contributed by atoms with Gasteiger partial charge in [-0.1, -0.05) is 57.3 Å². The van der Waals surface area contributed by atoms with E-state index in [4.69, 9.17) is 27.9 Å². The number of benzene rings is 2. The van der Waals surface area contributed by atoms with Crippen LogP contribution in [-0.2, 0) is 13.3 Å². The first-order chi connectivity index (χ1) is 15.0. The van der Waals surface area contributed by atoms with E-state index in [1.165, 1.54) is 5.56 Å². The second kappa shape index (κ2) is 10.0. The SMILES string of the molecule is O=C(c1ccn(COc2ccc(Cl)cc2Cl)n1)N1CCN(Cc2ccccc2Br)CC1. The number of halogens is 3. The highest BCUT2D eigenvalue weighted by Crippen LogP contribution is 2.27. The van der Waals surface area contributed by atoms with Crippen LogP contribution in [0.4, 0.5) is 0 Å². The van der Waals surface area contributed by atoms with Crippen molar-refractivity contribution in [1.29, 1.82) is 0 Å². The smallest absolute Gasteiger partial charge is 0.274 e. The molecule has 0 atom stereocenters. The van der Waals surface area contributed by atoms with Crippen molar-refractivity contribution in [3.05, 3.63) is 80.5 Å². The average molecular weight is 524 g/mol. The minimum absolute atomic E-state index is 0.0659.